The number of piperazine rings is 1. The minimum atomic E-state index is -0.0350. The zero-order valence-electron chi connectivity index (χ0n) is 17.4. The van der Waals surface area contributed by atoms with Gasteiger partial charge in [-0.2, -0.15) is 0 Å². The van der Waals surface area contributed by atoms with E-state index in [0.29, 0.717) is 30.3 Å². The van der Waals surface area contributed by atoms with E-state index in [9.17, 15) is 4.79 Å². The molecular weight excluding hydrogens is 402 g/mol. The number of rotatable bonds is 6. The van der Waals surface area contributed by atoms with Gasteiger partial charge in [0.1, 0.15) is 10.8 Å². The van der Waals surface area contributed by atoms with E-state index >= 15 is 0 Å². The van der Waals surface area contributed by atoms with Gasteiger partial charge in [0.2, 0.25) is 0 Å². The van der Waals surface area contributed by atoms with Gasteiger partial charge in [0.25, 0.3) is 5.91 Å². The van der Waals surface area contributed by atoms with Crippen LogP contribution in [-0.4, -0.2) is 61.1 Å². The van der Waals surface area contributed by atoms with Gasteiger partial charge in [-0.05, 0) is 37.3 Å². The van der Waals surface area contributed by atoms with Crippen LogP contribution < -0.4 is 9.47 Å². The Balaban J connectivity index is 1.35. The van der Waals surface area contributed by atoms with Gasteiger partial charge in [-0.1, -0.05) is 0 Å². The van der Waals surface area contributed by atoms with Crippen molar-refractivity contribution < 1.29 is 18.7 Å². The molecule has 1 amide bonds. The predicted molar refractivity (Wildman–Crippen MR) is 115 cm³/mol. The first-order chi connectivity index (χ1) is 14.6. The van der Waals surface area contributed by atoms with Crippen molar-refractivity contribution in [2.24, 2.45) is 0 Å². The normalized spacial score (nSPS) is 14.7. The SMILES string of the molecule is COc1ccc(-c2nc(CN3CCN(C(=O)c4ccc(C)o4)CC3)cs2)cc1OC. The molecule has 8 heteroatoms. The van der Waals surface area contributed by atoms with Gasteiger partial charge in [-0.15, -0.1) is 11.3 Å². The van der Waals surface area contributed by atoms with Crippen molar-refractivity contribution in [2.45, 2.75) is 13.5 Å². The van der Waals surface area contributed by atoms with Crippen molar-refractivity contribution in [2.75, 3.05) is 40.4 Å². The maximum Gasteiger partial charge on any atom is 0.289 e. The number of methoxy groups -OCH3 is 2. The number of hydrogen-bond acceptors (Lipinski definition) is 7. The van der Waals surface area contributed by atoms with Crippen molar-refractivity contribution in [3.63, 3.8) is 0 Å². The van der Waals surface area contributed by atoms with Gasteiger partial charge in [-0.3, -0.25) is 9.69 Å². The smallest absolute Gasteiger partial charge is 0.289 e. The third kappa shape index (κ3) is 4.34. The third-order valence-corrected chi connectivity index (χ3v) is 6.12. The Kier molecular flexibility index (Phi) is 6.06. The number of aromatic nitrogens is 1. The zero-order chi connectivity index (χ0) is 21.1. The molecule has 1 saturated heterocycles. The first-order valence-electron chi connectivity index (χ1n) is 9.82. The van der Waals surface area contributed by atoms with Crippen LogP contribution >= 0.6 is 11.3 Å². The fourth-order valence-corrected chi connectivity index (χ4v) is 4.33. The van der Waals surface area contributed by atoms with Crippen LogP contribution in [0.15, 0.2) is 40.1 Å². The molecule has 0 atom stereocenters. The van der Waals surface area contributed by atoms with Crippen molar-refractivity contribution in [3.05, 3.63) is 52.9 Å². The molecule has 3 heterocycles. The summed E-state index contributed by atoms with van der Waals surface area (Å²) in [7, 11) is 3.26. The van der Waals surface area contributed by atoms with Gasteiger partial charge >= 0.3 is 0 Å². The lowest BCUT2D eigenvalue weighted by molar-refractivity contribution is 0.0595. The summed E-state index contributed by atoms with van der Waals surface area (Å²) >= 11 is 1.62. The molecule has 4 rings (SSSR count). The number of thiazole rings is 1. The summed E-state index contributed by atoms with van der Waals surface area (Å²) in [6.07, 6.45) is 0. The maximum atomic E-state index is 12.5. The summed E-state index contributed by atoms with van der Waals surface area (Å²) in [5, 5.41) is 3.04. The van der Waals surface area contributed by atoms with E-state index in [1.165, 1.54) is 0 Å². The molecule has 1 aliphatic rings. The summed E-state index contributed by atoms with van der Waals surface area (Å²) in [5.41, 5.74) is 2.04. The summed E-state index contributed by atoms with van der Waals surface area (Å²) in [4.78, 5) is 21.5. The number of nitrogens with zero attached hydrogens (tertiary/aromatic N) is 3. The first kappa shape index (κ1) is 20.4. The van der Waals surface area contributed by atoms with Crippen LogP contribution in [0.4, 0.5) is 0 Å². The van der Waals surface area contributed by atoms with Gasteiger partial charge in [0.15, 0.2) is 17.3 Å². The van der Waals surface area contributed by atoms with Gasteiger partial charge in [0.05, 0.1) is 19.9 Å². The minimum Gasteiger partial charge on any atom is -0.493 e. The van der Waals surface area contributed by atoms with Crippen LogP contribution in [0, 0.1) is 6.92 Å². The largest absolute Gasteiger partial charge is 0.493 e. The van der Waals surface area contributed by atoms with E-state index in [2.05, 4.69) is 10.3 Å². The number of furan rings is 1. The van der Waals surface area contributed by atoms with E-state index in [-0.39, 0.29) is 5.91 Å². The monoisotopic (exact) mass is 427 g/mol. The van der Waals surface area contributed by atoms with Crippen LogP contribution in [0.3, 0.4) is 0 Å². The Morgan fingerprint density at radius 1 is 1.10 bits per heavy atom. The lowest BCUT2D eigenvalue weighted by atomic mass is 10.2. The average molecular weight is 428 g/mol. The van der Waals surface area contributed by atoms with Crippen molar-refractivity contribution in [3.8, 4) is 22.1 Å². The molecule has 2 aromatic heterocycles. The topological polar surface area (TPSA) is 68.0 Å². The number of aryl methyl sites for hydroxylation is 1. The van der Waals surface area contributed by atoms with Crippen LogP contribution in [0.5, 0.6) is 11.5 Å². The highest BCUT2D eigenvalue weighted by Crippen LogP contribution is 2.33. The second kappa shape index (κ2) is 8.89. The summed E-state index contributed by atoms with van der Waals surface area (Å²) < 4.78 is 16.2. The Bertz CT molecular complexity index is 1020. The highest BCUT2D eigenvalue weighted by Gasteiger charge is 2.24. The molecular formula is C22H25N3O4S. The highest BCUT2D eigenvalue weighted by atomic mass is 32.1. The quantitative estimate of drug-likeness (QED) is 0.598. The fraction of sp³-hybridized carbons (Fsp3) is 0.364. The number of ether oxygens (including phenoxy) is 2. The lowest BCUT2D eigenvalue weighted by Crippen LogP contribution is -2.48. The standard InChI is InChI=1S/C22H25N3O4S/c1-15-4-6-19(29-15)22(26)25-10-8-24(9-11-25)13-17-14-30-21(23-17)16-5-7-18(27-2)20(12-16)28-3/h4-7,12,14H,8-11,13H2,1-3H3. The minimum absolute atomic E-state index is 0.0350. The number of hydrogen-bond donors (Lipinski definition) is 0. The molecule has 3 aromatic rings. The van der Waals surface area contributed by atoms with Crippen LogP contribution in [0.1, 0.15) is 22.0 Å². The summed E-state index contributed by atoms with van der Waals surface area (Å²) in [5.74, 6) is 2.53. The second-order valence-corrected chi connectivity index (χ2v) is 8.05. The molecule has 0 spiro atoms. The molecule has 0 bridgehead atoms. The lowest BCUT2D eigenvalue weighted by Gasteiger charge is -2.33. The predicted octanol–water partition coefficient (Wildman–Crippen LogP) is 3.69. The molecule has 0 unspecified atom stereocenters. The van der Waals surface area contributed by atoms with E-state index in [1.807, 2.05) is 36.1 Å². The highest BCUT2D eigenvalue weighted by molar-refractivity contribution is 7.13. The third-order valence-electron chi connectivity index (χ3n) is 5.18. The molecule has 158 valence electrons. The first-order valence-corrected chi connectivity index (χ1v) is 10.7. The molecule has 1 aromatic carbocycles. The molecule has 0 radical (unpaired) electrons. The molecule has 0 saturated carbocycles. The molecule has 1 fully saturated rings. The van der Waals surface area contributed by atoms with E-state index in [4.69, 9.17) is 18.9 Å². The Morgan fingerprint density at radius 3 is 2.53 bits per heavy atom. The van der Waals surface area contributed by atoms with Gasteiger partial charge < -0.3 is 18.8 Å². The molecule has 0 aliphatic carbocycles. The average Bonchev–Trinajstić information content (AvgIpc) is 3.42. The van der Waals surface area contributed by atoms with Crippen molar-refractivity contribution in [1.29, 1.82) is 0 Å². The van der Waals surface area contributed by atoms with Crippen LogP contribution in [0.2, 0.25) is 0 Å². The molecule has 1 aliphatic heterocycles. The molecule has 0 N–H and O–H groups in total. The number of benzene rings is 1. The Hall–Kier alpha value is -2.84. The Morgan fingerprint density at radius 2 is 1.87 bits per heavy atom. The van der Waals surface area contributed by atoms with Gasteiger partial charge in [0, 0.05) is 43.7 Å². The van der Waals surface area contributed by atoms with E-state index in [1.54, 1.807) is 31.6 Å². The number of carbonyl (C=O) groups is 1. The summed E-state index contributed by atoms with van der Waals surface area (Å²) in [6, 6.07) is 9.40. The Labute approximate surface area is 179 Å². The zero-order valence-corrected chi connectivity index (χ0v) is 18.2. The number of carbonyl (C=O) groups excluding carboxylic acids is 1. The van der Waals surface area contributed by atoms with Crippen molar-refractivity contribution in [1.82, 2.24) is 14.8 Å². The van der Waals surface area contributed by atoms with Gasteiger partial charge in [-0.25, -0.2) is 4.98 Å². The van der Waals surface area contributed by atoms with Crippen LogP contribution in [0.25, 0.3) is 10.6 Å². The van der Waals surface area contributed by atoms with Crippen LogP contribution in [-0.2, 0) is 6.54 Å². The number of amides is 1. The fourth-order valence-electron chi connectivity index (χ4n) is 3.52. The maximum absolute atomic E-state index is 12.5. The van der Waals surface area contributed by atoms with E-state index in [0.717, 1.165) is 41.7 Å². The molecule has 7 nitrogen and oxygen atoms in total. The van der Waals surface area contributed by atoms with E-state index < -0.39 is 0 Å². The molecule has 30 heavy (non-hydrogen) atoms. The van der Waals surface area contributed by atoms with Crippen molar-refractivity contribution >= 4 is 17.2 Å². The summed E-state index contributed by atoms with van der Waals surface area (Å²) in [6.45, 7) is 5.62. The second-order valence-electron chi connectivity index (χ2n) is 7.19.